The lowest BCUT2D eigenvalue weighted by molar-refractivity contribution is -0.128. The fraction of sp³-hybridized carbons (Fsp3) is 0.0714. The molecule has 0 spiro atoms. The summed E-state index contributed by atoms with van der Waals surface area (Å²) in [4.78, 5) is 25.4. The lowest BCUT2D eigenvalue weighted by atomic mass is 10.1. The van der Waals surface area contributed by atoms with Gasteiger partial charge in [-0.2, -0.15) is 0 Å². The van der Waals surface area contributed by atoms with Crippen LogP contribution in [0.25, 0.3) is 6.08 Å². The maximum atomic E-state index is 13.8. The third-order valence-corrected chi connectivity index (χ3v) is 4.05. The number of rotatable bonds is 3. The van der Waals surface area contributed by atoms with Crippen LogP contribution in [0, 0.1) is 9.39 Å². The highest BCUT2D eigenvalue weighted by Gasteiger charge is 2.32. The second kappa shape index (κ2) is 6.44. The summed E-state index contributed by atoms with van der Waals surface area (Å²) < 4.78 is 14.4. The quantitative estimate of drug-likeness (QED) is 0.271. The Bertz CT molecular complexity index is 667. The number of carbonyl (C=O) groups is 2. The Labute approximate surface area is 139 Å². The number of thiocarbonyl (C=S) groups is 1. The number of hydrogen-bond acceptors (Lipinski definition) is 3. The van der Waals surface area contributed by atoms with Crippen molar-refractivity contribution in [3.63, 3.8) is 0 Å². The molecule has 0 bridgehead atoms. The summed E-state index contributed by atoms with van der Waals surface area (Å²) in [5.41, 5.74) is 0.0384. The fourth-order valence-corrected chi connectivity index (χ4v) is 2.65. The van der Waals surface area contributed by atoms with Gasteiger partial charge in [-0.15, -0.1) is 6.58 Å². The maximum Gasteiger partial charge on any atom is 0.265 e. The number of carbonyl (C=O) groups excluding carboxylic acids is 2. The zero-order valence-corrected chi connectivity index (χ0v) is 13.7. The molecular formula is C14H10FIN2O2S. The number of halogens is 2. The summed E-state index contributed by atoms with van der Waals surface area (Å²) in [6, 6.07) is 4.51. The third kappa shape index (κ3) is 3.18. The van der Waals surface area contributed by atoms with Gasteiger partial charge in [0.15, 0.2) is 5.11 Å². The first kappa shape index (κ1) is 15.8. The Kier molecular flexibility index (Phi) is 4.84. The topological polar surface area (TPSA) is 49.4 Å². The minimum Gasteiger partial charge on any atom is -0.298 e. The Morgan fingerprint density at radius 1 is 1.43 bits per heavy atom. The van der Waals surface area contributed by atoms with Crippen molar-refractivity contribution in [1.29, 1.82) is 0 Å². The molecule has 1 aliphatic heterocycles. The molecule has 1 heterocycles. The van der Waals surface area contributed by atoms with Crippen molar-refractivity contribution in [2.24, 2.45) is 0 Å². The number of nitrogens with one attached hydrogen (secondary N) is 1. The SMILES string of the molecule is C=CCN1C(=O)C(=Cc2c(F)cccc2I)C(=O)NC1=S. The van der Waals surface area contributed by atoms with Crippen molar-refractivity contribution in [2.75, 3.05) is 6.54 Å². The first-order chi connectivity index (χ1) is 9.95. The van der Waals surface area contributed by atoms with Crippen LogP contribution in [0.5, 0.6) is 0 Å². The molecular weight excluding hydrogens is 406 g/mol. The summed E-state index contributed by atoms with van der Waals surface area (Å²) in [7, 11) is 0. The van der Waals surface area contributed by atoms with Crippen molar-refractivity contribution < 1.29 is 14.0 Å². The molecule has 21 heavy (non-hydrogen) atoms. The molecule has 0 unspecified atom stereocenters. The van der Waals surface area contributed by atoms with Crippen molar-refractivity contribution in [2.45, 2.75) is 0 Å². The zero-order valence-electron chi connectivity index (χ0n) is 10.7. The number of amides is 2. The van der Waals surface area contributed by atoms with E-state index >= 15 is 0 Å². The molecule has 7 heteroatoms. The summed E-state index contributed by atoms with van der Waals surface area (Å²) in [6.07, 6.45) is 2.73. The molecule has 1 aromatic rings. The Morgan fingerprint density at radius 3 is 2.76 bits per heavy atom. The summed E-state index contributed by atoms with van der Waals surface area (Å²) in [6.45, 7) is 3.70. The van der Waals surface area contributed by atoms with Gasteiger partial charge in [0.2, 0.25) is 0 Å². The van der Waals surface area contributed by atoms with Crippen LogP contribution >= 0.6 is 34.8 Å². The average Bonchev–Trinajstić information content (AvgIpc) is 2.42. The molecule has 108 valence electrons. The van der Waals surface area contributed by atoms with Gasteiger partial charge in [0, 0.05) is 15.7 Å². The van der Waals surface area contributed by atoms with Crippen LogP contribution in [0.3, 0.4) is 0 Å². The van der Waals surface area contributed by atoms with Crippen molar-refractivity contribution >= 4 is 57.8 Å². The minimum atomic E-state index is -0.635. The van der Waals surface area contributed by atoms with E-state index in [2.05, 4.69) is 11.9 Å². The Morgan fingerprint density at radius 2 is 2.14 bits per heavy atom. The highest BCUT2D eigenvalue weighted by atomic mass is 127. The third-order valence-electron chi connectivity index (χ3n) is 2.79. The Balaban J connectivity index is 2.48. The van der Waals surface area contributed by atoms with Crippen LogP contribution in [0.4, 0.5) is 4.39 Å². The first-order valence-corrected chi connectivity index (χ1v) is 7.38. The van der Waals surface area contributed by atoms with Crippen LogP contribution < -0.4 is 5.32 Å². The van der Waals surface area contributed by atoms with Crippen molar-refractivity contribution in [3.05, 3.63) is 51.4 Å². The van der Waals surface area contributed by atoms with Crippen LogP contribution in [-0.2, 0) is 9.59 Å². The smallest absolute Gasteiger partial charge is 0.265 e. The molecule has 4 nitrogen and oxygen atoms in total. The van der Waals surface area contributed by atoms with E-state index in [1.807, 2.05) is 22.6 Å². The van der Waals surface area contributed by atoms with Crippen molar-refractivity contribution in [3.8, 4) is 0 Å². The average molecular weight is 416 g/mol. The predicted octanol–water partition coefficient (Wildman–Crippen LogP) is 2.24. The molecule has 1 N–H and O–H groups in total. The second-order valence-electron chi connectivity index (χ2n) is 4.16. The standard InChI is InChI=1S/C14H10FIN2O2S/c1-2-6-18-13(20)9(12(19)17-14(18)21)7-8-10(15)4-3-5-11(8)16/h2-5,7H,1,6H2,(H,17,19,21). The normalized spacial score (nSPS) is 17.1. The monoisotopic (exact) mass is 416 g/mol. The molecule has 1 saturated heterocycles. The molecule has 2 rings (SSSR count). The minimum absolute atomic E-state index is 0.0188. The van der Waals surface area contributed by atoms with Gasteiger partial charge in [-0.05, 0) is 53.0 Å². The summed E-state index contributed by atoms with van der Waals surface area (Å²) >= 11 is 6.88. The van der Waals surface area contributed by atoms with Gasteiger partial charge < -0.3 is 0 Å². The van der Waals surface area contributed by atoms with E-state index < -0.39 is 17.6 Å². The lowest BCUT2D eigenvalue weighted by Crippen LogP contribution is -2.53. The lowest BCUT2D eigenvalue weighted by Gasteiger charge is -2.27. The number of benzene rings is 1. The van der Waals surface area contributed by atoms with Crippen LogP contribution in [0.15, 0.2) is 36.4 Å². The van der Waals surface area contributed by atoms with E-state index in [1.54, 1.807) is 12.1 Å². The van der Waals surface area contributed by atoms with Gasteiger partial charge in [-0.25, -0.2) is 4.39 Å². The van der Waals surface area contributed by atoms with Gasteiger partial charge in [-0.3, -0.25) is 19.8 Å². The molecule has 0 radical (unpaired) electrons. The van der Waals surface area contributed by atoms with Gasteiger partial charge in [-0.1, -0.05) is 12.1 Å². The second-order valence-corrected chi connectivity index (χ2v) is 5.71. The molecule has 1 aliphatic rings. The van der Waals surface area contributed by atoms with E-state index in [9.17, 15) is 14.0 Å². The highest BCUT2D eigenvalue weighted by molar-refractivity contribution is 14.1. The van der Waals surface area contributed by atoms with E-state index in [4.69, 9.17) is 12.2 Å². The largest absolute Gasteiger partial charge is 0.298 e. The fourth-order valence-electron chi connectivity index (χ4n) is 1.78. The predicted molar refractivity (Wildman–Crippen MR) is 89.7 cm³/mol. The van der Waals surface area contributed by atoms with E-state index in [0.29, 0.717) is 3.57 Å². The molecule has 1 fully saturated rings. The van der Waals surface area contributed by atoms with Gasteiger partial charge >= 0.3 is 0 Å². The highest BCUT2D eigenvalue weighted by Crippen LogP contribution is 2.21. The van der Waals surface area contributed by atoms with E-state index in [1.165, 1.54) is 23.1 Å². The van der Waals surface area contributed by atoms with Gasteiger partial charge in [0.05, 0.1) is 0 Å². The molecule has 1 aromatic carbocycles. The van der Waals surface area contributed by atoms with Crippen LogP contribution in [0.1, 0.15) is 5.56 Å². The molecule has 2 amide bonds. The van der Waals surface area contributed by atoms with Gasteiger partial charge in [0.25, 0.3) is 11.8 Å². The maximum absolute atomic E-state index is 13.8. The van der Waals surface area contributed by atoms with Crippen LogP contribution in [-0.4, -0.2) is 28.4 Å². The molecule has 0 aliphatic carbocycles. The molecule has 0 atom stereocenters. The summed E-state index contributed by atoms with van der Waals surface area (Å²) in [5.74, 6) is -1.70. The summed E-state index contributed by atoms with van der Waals surface area (Å²) in [5, 5.41) is 2.43. The zero-order chi connectivity index (χ0) is 15.6. The van der Waals surface area contributed by atoms with E-state index in [0.717, 1.165) is 0 Å². The first-order valence-electron chi connectivity index (χ1n) is 5.89. The number of hydrogen-bond donors (Lipinski definition) is 1. The number of nitrogens with zero attached hydrogens (tertiary/aromatic N) is 1. The van der Waals surface area contributed by atoms with Crippen molar-refractivity contribution in [1.82, 2.24) is 10.2 Å². The van der Waals surface area contributed by atoms with E-state index in [-0.39, 0.29) is 22.8 Å². The Hall–Kier alpha value is -1.61. The molecule has 0 saturated carbocycles. The van der Waals surface area contributed by atoms with Gasteiger partial charge in [0.1, 0.15) is 11.4 Å². The van der Waals surface area contributed by atoms with Crippen LogP contribution in [0.2, 0.25) is 0 Å². The molecule has 0 aromatic heterocycles.